The van der Waals surface area contributed by atoms with Crippen molar-refractivity contribution in [1.29, 1.82) is 0 Å². The molecule has 2 atom stereocenters. The summed E-state index contributed by atoms with van der Waals surface area (Å²) in [6.45, 7) is 0. The van der Waals surface area contributed by atoms with Crippen LogP contribution in [-0.2, 0) is 0 Å². The minimum Gasteiger partial charge on any atom is -0.0622 e. The van der Waals surface area contributed by atoms with Crippen molar-refractivity contribution in [3.8, 4) is 0 Å². The number of hydrogen-bond acceptors (Lipinski definition) is 0. The maximum Gasteiger partial charge on any atom is -0.00683 e. The van der Waals surface area contributed by atoms with E-state index in [1.165, 1.54) is 36.0 Å². The number of fused-ring (bicyclic) bond motifs is 2. The van der Waals surface area contributed by atoms with E-state index in [9.17, 15) is 0 Å². The van der Waals surface area contributed by atoms with Crippen LogP contribution in [-0.4, -0.2) is 11.8 Å². The summed E-state index contributed by atoms with van der Waals surface area (Å²) < 4.78 is 0. The van der Waals surface area contributed by atoms with Gasteiger partial charge in [0.2, 0.25) is 0 Å². The van der Waals surface area contributed by atoms with Gasteiger partial charge in [-0.1, -0.05) is 121 Å². The molecular formula is C32H32P2. The zero-order valence-electron chi connectivity index (χ0n) is 19.6. The van der Waals surface area contributed by atoms with Gasteiger partial charge in [0, 0.05) is 0 Å². The van der Waals surface area contributed by atoms with Gasteiger partial charge < -0.3 is 0 Å². The summed E-state index contributed by atoms with van der Waals surface area (Å²) in [6.07, 6.45) is 5.64. The minimum absolute atomic E-state index is 0.351. The lowest BCUT2D eigenvalue weighted by Gasteiger charge is -2.54. The monoisotopic (exact) mass is 478 g/mol. The van der Waals surface area contributed by atoms with Crippen LogP contribution in [0.3, 0.4) is 0 Å². The summed E-state index contributed by atoms with van der Waals surface area (Å²) in [5.41, 5.74) is 0.780. The first kappa shape index (κ1) is 22.2. The first-order valence-corrected chi connectivity index (χ1v) is 15.6. The van der Waals surface area contributed by atoms with Gasteiger partial charge in [-0.25, -0.2) is 0 Å². The van der Waals surface area contributed by atoms with Crippen molar-refractivity contribution in [3.05, 3.63) is 121 Å². The highest BCUT2D eigenvalue weighted by molar-refractivity contribution is 7.74. The lowest BCUT2D eigenvalue weighted by Crippen LogP contribution is -2.48. The molecule has 2 unspecified atom stereocenters. The fourth-order valence-electron chi connectivity index (χ4n) is 6.30. The highest BCUT2D eigenvalue weighted by Gasteiger charge is 2.49. The molecule has 0 aromatic heterocycles. The predicted octanol–water partition coefficient (Wildman–Crippen LogP) is 6.67. The van der Waals surface area contributed by atoms with Crippen molar-refractivity contribution in [2.75, 3.05) is 6.16 Å². The molecule has 2 heteroatoms. The van der Waals surface area contributed by atoms with E-state index in [0.717, 1.165) is 23.4 Å². The Balaban J connectivity index is 1.40. The van der Waals surface area contributed by atoms with E-state index >= 15 is 0 Å². The van der Waals surface area contributed by atoms with Crippen LogP contribution in [0.5, 0.6) is 0 Å². The third-order valence-corrected chi connectivity index (χ3v) is 13.6. The predicted molar refractivity (Wildman–Crippen MR) is 151 cm³/mol. The molecule has 0 aliphatic heterocycles. The highest BCUT2D eigenvalue weighted by Crippen LogP contribution is 2.61. The van der Waals surface area contributed by atoms with Crippen LogP contribution in [0.25, 0.3) is 0 Å². The third kappa shape index (κ3) is 4.52. The largest absolute Gasteiger partial charge is 0.0622 e. The Morgan fingerprint density at radius 1 is 0.500 bits per heavy atom. The van der Waals surface area contributed by atoms with Gasteiger partial charge in [-0.15, -0.1) is 0 Å². The van der Waals surface area contributed by atoms with Crippen LogP contribution < -0.4 is 21.2 Å². The summed E-state index contributed by atoms with van der Waals surface area (Å²) in [4.78, 5) is 0. The maximum atomic E-state index is 2.40. The standard InChI is InChI=1S/C32H32P2/c1-5-13-28(14-6-1)33(29-15-7-2-8-16-29)24-27-23-25-21-26(22-25)32(27)34(30-17-9-3-10-18-30)31-19-11-4-12-20-31/h1-20,25-27,32H,21-24H2. The molecule has 170 valence electrons. The molecule has 0 N–H and O–H groups in total. The molecule has 7 rings (SSSR count). The van der Waals surface area contributed by atoms with Crippen molar-refractivity contribution >= 4 is 37.1 Å². The molecule has 34 heavy (non-hydrogen) atoms. The topological polar surface area (TPSA) is 0 Å². The molecule has 0 amide bonds. The molecule has 0 spiro atoms. The van der Waals surface area contributed by atoms with E-state index in [-0.39, 0.29) is 15.8 Å². The molecule has 2 bridgehead atoms. The zero-order chi connectivity index (χ0) is 22.7. The summed E-state index contributed by atoms with van der Waals surface area (Å²) in [7, 11) is -0.719. The average molecular weight is 479 g/mol. The molecule has 0 heterocycles. The van der Waals surface area contributed by atoms with Crippen molar-refractivity contribution in [2.24, 2.45) is 17.8 Å². The fourth-order valence-corrected chi connectivity index (χ4v) is 12.4. The Labute approximate surface area is 207 Å². The number of benzene rings is 4. The quantitative estimate of drug-likeness (QED) is 0.260. The molecule has 0 radical (unpaired) electrons. The van der Waals surface area contributed by atoms with Crippen molar-refractivity contribution in [1.82, 2.24) is 0 Å². The number of rotatable bonds is 7. The maximum absolute atomic E-state index is 2.40. The molecule has 4 aromatic carbocycles. The van der Waals surface area contributed by atoms with Crippen molar-refractivity contribution < 1.29 is 0 Å². The van der Waals surface area contributed by atoms with Gasteiger partial charge in [0.1, 0.15) is 0 Å². The lowest BCUT2D eigenvalue weighted by atomic mass is 9.61. The van der Waals surface area contributed by atoms with Gasteiger partial charge in [0.15, 0.2) is 0 Å². The van der Waals surface area contributed by atoms with Gasteiger partial charge in [-0.2, -0.15) is 0 Å². The second-order valence-electron chi connectivity index (χ2n) is 9.91. The summed E-state index contributed by atoms with van der Waals surface area (Å²) >= 11 is 0. The van der Waals surface area contributed by atoms with Gasteiger partial charge >= 0.3 is 0 Å². The van der Waals surface area contributed by atoms with Crippen LogP contribution in [0.15, 0.2) is 121 Å². The van der Waals surface area contributed by atoms with Gasteiger partial charge in [0.05, 0.1) is 0 Å². The molecule has 3 fully saturated rings. The first-order valence-electron chi connectivity index (χ1n) is 12.6. The lowest BCUT2D eigenvalue weighted by molar-refractivity contribution is 0.0834. The molecule has 3 aliphatic rings. The molecule has 0 nitrogen and oxygen atoms in total. The van der Waals surface area contributed by atoms with Gasteiger partial charge in [0.25, 0.3) is 0 Å². The van der Waals surface area contributed by atoms with Crippen LogP contribution in [0.2, 0.25) is 0 Å². The van der Waals surface area contributed by atoms with E-state index < -0.39 is 0 Å². The van der Waals surface area contributed by atoms with E-state index in [0.29, 0.717) is 0 Å². The Hall–Kier alpha value is -2.26. The fraction of sp³-hybridized carbons (Fsp3) is 0.250. The first-order chi connectivity index (χ1) is 16.9. The van der Waals surface area contributed by atoms with E-state index in [4.69, 9.17) is 0 Å². The van der Waals surface area contributed by atoms with Gasteiger partial charge in [-0.3, -0.25) is 0 Å². The Morgan fingerprint density at radius 2 is 0.912 bits per heavy atom. The van der Waals surface area contributed by atoms with Crippen LogP contribution >= 0.6 is 15.8 Å². The Morgan fingerprint density at radius 3 is 1.35 bits per heavy atom. The highest BCUT2D eigenvalue weighted by atomic mass is 31.1. The van der Waals surface area contributed by atoms with Crippen LogP contribution in [0.1, 0.15) is 19.3 Å². The third-order valence-electron chi connectivity index (χ3n) is 7.79. The second kappa shape index (κ2) is 10.2. The zero-order valence-corrected chi connectivity index (χ0v) is 21.4. The molecule has 0 saturated heterocycles. The van der Waals surface area contributed by atoms with Crippen molar-refractivity contribution in [2.45, 2.75) is 24.9 Å². The Kier molecular flexibility index (Phi) is 6.64. The number of hydrogen-bond donors (Lipinski definition) is 0. The summed E-state index contributed by atoms with van der Waals surface area (Å²) in [6, 6.07) is 45.6. The summed E-state index contributed by atoms with van der Waals surface area (Å²) in [5.74, 6) is 2.63. The van der Waals surface area contributed by atoms with Crippen molar-refractivity contribution in [3.63, 3.8) is 0 Å². The van der Waals surface area contributed by atoms with Crippen LogP contribution in [0.4, 0.5) is 0 Å². The summed E-state index contributed by atoms with van der Waals surface area (Å²) in [5, 5.41) is 6.19. The molecule has 3 aliphatic carbocycles. The van der Waals surface area contributed by atoms with E-state index in [1.807, 2.05) is 0 Å². The molecule has 3 saturated carbocycles. The molecule has 4 aromatic rings. The SMILES string of the molecule is c1ccc(P(CC2CC3CC(C3)C2P(c2ccccc2)c2ccccc2)c2ccccc2)cc1. The van der Waals surface area contributed by atoms with E-state index in [1.54, 1.807) is 10.6 Å². The molecular weight excluding hydrogens is 446 g/mol. The average Bonchev–Trinajstić information content (AvgIpc) is 2.90. The smallest absolute Gasteiger partial charge is 0.00683 e. The normalized spacial score (nSPS) is 23.6. The van der Waals surface area contributed by atoms with Crippen LogP contribution in [0, 0.1) is 17.8 Å². The second-order valence-corrected chi connectivity index (χ2v) is 14.5. The Bertz CT molecular complexity index is 1090. The minimum atomic E-state index is -0.368. The van der Waals surface area contributed by atoms with Gasteiger partial charge in [-0.05, 0) is 85.9 Å². The van der Waals surface area contributed by atoms with E-state index in [2.05, 4.69) is 121 Å².